The highest BCUT2D eigenvalue weighted by Gasteiger charge is 2.50. The van der Waals surface area contributed by atoms with Crippen molar-refractivity contribution in [2.45, 2.75) is 54.4 Å². The minimum absolute atomic E-state index is 0.0300. The zero-order chi connectivity index (χ0) is 39.1. The molecule has 3 heterocycles. The monoisotopic (exact) mass is 809 g/mol. The number of aliphatic hydroxyl groups is 3. The summed E-state index contributed by atoms with van der Waals surface area (Å²) in [5.74, 6) is -6.85. The van der Waals surface area contributed by atoms with Crippen LogP contribution < -0.4 is 20.1 Å². The third-order valence-electron chi connectivity index (χ3n) is 7.43. The van der Waals surface area contributed by atoms with Gasteiger partial charge in [0.1, 0.15) is 61.4 Å². The van der Waals surface area contributed by atoms with Crippen molar-refractivity contribution in [2.75, 3.05) is 38.7 Å². The SMILES string of the molecule is CC1(C(=O)OCc2ccc(O[C@@H]3O[C@H](C(=O)O)[C@@H](O)[C@H](O)[C@H]3O)cc2OCCOCCNC(=O)[C@H](CS(=O)(=O)O)NC(=O)CN2C(=O)C=CC2=O)SS1. The second kappa shape index (κ2) is 17.9. The molecule has 0 spiro atoms. The van der Waals surface area contributed by atoms with Gasteiger partial charge in [0.2, 0.25) is 18.1 Å². The number of hydrogen-bond donors (Lipinski definition) is 7. The van der Waals surface area contributed by atoms with Gasteiger partial charge in [-0.2, -0.15) is 8.42 Å². The van der Waals surface area contributed by atoms with Gasteiger partial charge in [-0.1, -0.05) is 21.6 Å². The minimum atomic E-state index is -4.76. The third-order valence-corrected chi connectivity index (χ3v) is 11.2. The maximum Gasteiger partial charge on any atom is 0.335 e. The molecule has 24 heteroatoms. The van der Waals surface area contributed by atoms with Crippen LogP contribution in [0.15, 0.2) is 30.4 Å². The molecule has 292 valence electrons. The Bertz CT molecular complexity index is 1700. The Labute approximate surface area is 308 Å². The summed E-state index contributed by atoms with van der Waals surface area (Å²) in [7, 11) is -2.10. The Morgan fingerprint density at radius 3 is 2.32 bits per heavy atom. The largest absolute Gasteiger partial charge is 0.491 e. The van der Waals surface area contributed by atoms with E-state index in [9.17, 15) is 62.2 Å². The van der Waals surface area contributed by atoms with Crippen molar-refractivity contribution in [3.63, 3.8) is 0 Å². The number of rotatable bonds is 19. The van der Waals surface area contributed by atoms with Crippen molar-refractivity contribution in [2.24, 2.45) is 0 Å². The van der Waals surface area contributed by atoms with Gasteiger partial charge in [0.05, 0.1) is 13.2 Å². The van der Waals surface area contributed by atoms with E-state index in [1.54, 1.807) is 6.92 Å². The van der Waals surface area contributed by atoms with Crippen LogP contribution in [-0.2, 0) is 59.7 Å². The van der Waals surface area contributed by atoms with Crippen LogP contribution >= 0.6 is 21.6 Å². The smallest absolute Gasteiger partial charge is 0.335 e. The van der Waals surface area contributed by atoms with Crippen LogP contribution in [0.25, 0.3) is 0 Å². The summed E-state index contributed by atoms with van der Waals surface area (Å²) in [6.45, 7) is 0.0720. The quantitative estimate of drug-likeness (QED) is 0.0182. The molecule has 53 heavy (non-hydrogen) atoms. The predicted octanol–water partition coefficient (Wildman–Crippen LogP) is -3.08. The van der Waals surface area contributed by atoms with Crippen molar-refractivity contribution in [3.8, 4) is 11.5 Å². The Morgan fingerprint density at radius 1 is 1.02 bits per heavy atom. The number of carbonyl (C=O) groups excluding carboxylic acids is 5. The van der Waals surface area contributed by atoms with E-state index >= 15 is 0 Å². The highest BCUT2D eigenvalue weighted by Crippen LogP contribution is 2.65. The van der Waals surface area contributed by atoms with Gasteiger partial charge in [0.15, 0.2) is 10.2 Å². The molecule has 0 radical (unpaired) electrons. The Morgan fingerprint density at radius 2 is 1.70 bits per heavy atom. The molecule has 1 aromatic carbocycles. The van der Waals surface area contributed by atoms with Gasteiger partial charge >= 0.3 is 11.9 Å². The highest BCUT2D eigenvalue weighted by atomic mass is 33.2. The molecule has 0 aromatic heterocycles. The van der Waals surface area contributed by atoms with Gasteiger partial charge in [0, 0.05) is 30.3 Å². The number of carboxylic acids is 1. The second-order valence-electron chi connectivity index (χ2n) is 11.5. The van der Waals surface area contributed by atoms with E-state index in [-0.39, 0.29) is 44.5 Å². The molecular formula is C29H35N3O18S3. The van der Waals surface area contributed by atoms with Gasteiger partial charge in [-0.05, 0) is 19.1 Å². The lowest BCUT2D eigenvalue weighted by Crippen LogP contribution is -2.61. The summed E-state index contributed by atoms with van der Waals surface area (Å²) in [4.78, 5) is 72.7. The first-order valence-electron chi connectivity index (χ1n) is 15.4. The summed E-state index contributed by atoms with van der Waals surface area (Å²) in [6.07, 6.45) is -7.44. The summed E-state index contributed by atoms with van der Waals surface area (Å²) < 4.78 is 58.7. The number of carbonyl (C=O) groups is 6. The Kier molecular flexibility index (Phi) is 14.1. The lowest BCUT2D eigenvalue weighted by molar-refractivity contribution is -0.271. The second-order valence-corrected chi connectivity index (χ2v) is 16.2. The lowest BCUT2D eigenvalue weighted by Gasteiger charge is -2.38. The number of carboxylic acid groups (broad SMARTS) is 1. The minimum Gasteiger partial charge on any atom is -0.491 e. The number of nitrogens with one attached hydrogen (secondary N) is 2. The van der Waals surface area contributed by atoms with Gasteiger partial charge in [0.25, 0.3) is 21.9 Å². The lowest BCUT2D eigenvalue weighted by atomic mass is 9.99. The summed E-state index contributed by atoms with van der Waals surface area (Å²) >= 11 is 0. The molecule has 3 aliphatic rings. The molecule has 4 amide bonds. The maximum atomic E-state index is 12.6. The van der Waals surface area contributed by atoms with E-state index in [0.29, 0.717) is 10.5 Å². The number of benzene rings is 1. The molecule has 0 bridgehead atoms. The Balaban J connectivity index is 1.30. The maximum absolute atomic E-state index is 12.6. The molecule has 1 aromatic rings. The standard InChI is InChI=1S/C29H35N3O18S3/c1-29(51-52-29)28(42)48-12-14-2-3-15(49-27-23(38)21(36)22(37)24(50-27)26(40)41)10-17(14)47-9-8-46-7-6-30-25(39)16(13-53(43,44)45)31-18(33)11-32-19(34)4-5-20(32)35/h2-5,10,16,21-24,27,36-38H,6-9,11-13H2,1H3,(H,30,39)(H,31,33)(H,40,41)(H,43,44,45)/t16-,21-,22-,23+,24-,27+/m0/s1. The highest BCUT2D eigenvalue weighted by molar-refractivity contribution is 8.94. The van der Waals surface area contributed by atoms with Gasteiger partial charge in [-0.3, -0.25) is 28.6 Å². The number of ether oxygens (including phenoxy) is 5. The number of hydrogen-bond acceptors (Lipinski definition) is 18. The van der Waals surface area contributed by atoms with Crippen LogP contribution in [0.3, 0.4) is 0 Å². The number of aliphatic hydroxyl groups excluding tert-OH is 3. The summed E-state index contributed by atoms with van der Waals surface area (Å²) in [5, 5.41) is 44.0. The number of nitrogens with zero attached hydrogens (tertiary/aromatic N) is 1. The average Bonchev–Trinajstić information content (AvgIpc) is 3.77. The first-order chi connectivity index (χ1) is 24.9. The summed E-state index contributed by atoms with van der Waals surface area (Å²) in [5.41, 5.74) is 0.364. The first kappa shape index (κ1) is 41.7. The van der Waals surface area contributed by atoms with Crippen molar-refractivity contribution in [1.29, 1.82) is 0 Å². The average molecular weight is 810 g/mol. The van der Waals surface area contributed by atoms with Crippen molar-refractivity contribution in [3.05, 3.63) is 35.9 Å². The normalized spacial score (nSPS) is 23.9. The number of esters is 1. The molecule has 4 rings (SSSR count). The molecule has 6 atom stereocenters. The first-order valence-corrected chi connectivity index (χ1v) is 19.2. The zero-order valence-corrected chi connectivity index (χ0v) is 30.0. The number of amides is 4. The van der Waals surface area contributed by atoms with E-state index in [1.165, 1.54) is 39.8 Å². The Hall–Kier alpha value is -4.01. The number of aliphatic carboxylic acids is 1. The van der Waals surface area contributed by atoms with Gasteiger partial charge in [-0.25, -0.2) is 9.59 Å². The fourth-order valence-electron chi connectivity index (χ4n) is 4.60. The van der Waals surface area contributed by atoms with Crippen LogP contribution in [-0.4, -0.2) is 153 Å². The van der Waals surface area contributed by atoms with Crippen molar-refractivity contribution < 1.29 is 85.8 Å². The molecule has 7 N–H and O–H groups in total. The molecule has 0 unspecified atom stereocenters. The van der Waals surface area contributed by atoms with Gasteiger partial charge < -0.3 is 54.7 Å². The molecular weight excluding hydrogens is 775 g/mol. The van der Waals surface area contributed by atoms with E-state index < -0.39 is 98.8 Å². The van der Waals surface area contributed by atoms with Crippen molar-refractivity contribution >= 4 is 67.3 Å². The van der Waals surface area contributed by atoms with E-state index in [0.717, 1.165) is 12.2 Å². The summed E-state index contributed by atoms with van der Waals surface area (Å²) in [6, 6.07) is 2.36. The molecule has 21 nitrogen and oxygen atoms in total. The molecule has 0 saturated carbocycles. The van der Waals surface area contributed by atoms with E-state index in [4.69, 9.17) is 23.7 Å². The topological polar surface area (TPSA) is 311 Å². The van der Waals surface area contributed by atoms with Crippen LogP contribution in [0, 0.1) is 0 Å². The number of imide groups is 1. The van der Waals surface area contributed by atoms with E-state index in [2.05, 4.69) is 10.6 Å². The molecule has 0 aliphatic carbocycles. The van der Waals surface area contributed by atoms with Crippen LogP contribution in [0.1, 0.15) is 12.5 Å². The molecule has 3 aliphatic heterocycles. The predicted molar refractivity (Wildman–Crippen MR) is 178 cm³/mol. The fourth-order valence-corrected chi connectivity index (χ4v) is 6.41. The fraction of sp³-hybridized carbons (Fsp3) is 0.517. The van der Waals surface area contributed by atoms with Crippen LogP contribution in [0.4, 0.5) is 0 Å². The van der Waals surface area contributed by atoms with Gasteiger partial charge in [-0.15, -0.1) is 0 Å². The van der Waals surface area contributed by atoms with Crippen LogP contribution in [0.5, 0.6) is 11.5 Å². The third kappa shape index (κ3) is 11.7. The van der Waals surface area contributed by atoms with E-state index in [1.807, 2.05) is 0 Å². The molecule has 2 saturated heterocycles. The molecule has 2 fully saturated rings. The van der Waals surface area contributed by atoms with Crippen LogP contribution in [0.2, 0.25) is 0 Å². The van der Waals surface area contributed by atoms with Crippen molar-refractivity contribution in [1.82, 2.24) is 15.5 Å². The zero-order valence-electron chi connectivity index (χ0n) is 27.5.